The van der Waals surface area contributed by atoms with Gasteiger partial charge in [0.1, 0.15) is 0 Å². The molecule has 2 nitrogen and oxygen atoms in total. The molecule has 0 aromatic heterocycles. The SMILES string of the molecule is COC(C)(C)CCC1(N)CCC(C(C)(C)C)CC1. The molecule has 0 radical (unpaired) electrons. The third-order valence-corrected chi connectivity index (χ3v) is 4.98. The Labute approximate surface area is 114 Å². The molecule has 2 heteroatoms. The minimum Gasteiger partial charge on any atom is -0.379 e. The van der Waals surface area contributed by atoms with Crippen LogP contribution in [0, 0.1) is 11.3 Å². The highest BCUT2D eigenvalue weighted by molar-refractivity contribution is 4.93. The topological polar surface area (TPSA) is 35.2 Å². The van der Waals surface area contributed by atoms with Gasteiger partial charge >= 0.3 is 0 Å². The molecule has 2 N–H and O–H groups in total. The van der Waals surface area contributed by atoms with Crippen LogP contribution >= 0.6 is 0 Å². The van der Waals surface area contributed by atoms with Crippen molar-refractivity contribution >= 4 is 0 Å². The Bertz CT molecular complexity index is 257. The molecule has 0 aromatic carbocycles. The van der Waals surface area contributed by atoms with Gasteiger partial charge in [-0.25, -0.2) is 0 Å². The third kappa shape index (κ3) is 4.55. The van der Waals surface area contributed by atoms with Crippen molar-refractivity contribution in [3.63, 3.8) is 0 Å². The maximum absolute atomic E-state index is 6.57. The monoisotopic (exact) mass is 255 g/mol. The molecular formula is C16H33NO. The lowest BCUT2D eigenvalue weighted by Crippen LogP contribution is -2.46. The zero-order chi connectivity index (χ0) is 14.0. The number of ether oxygens (including phenoxy) is 1. The Morgan fingerprint density at radius 2 is 1.61 bits per heavy atom. The molecule has 0 aromatic rings. The van der Waals surface area contributed by atoms with Crippen LogP contribution in [0.25, 0.3) is 0 Å². The summed E-state index contributed by atoms with van der Waals surface area (Å²) < 4.78 is 5.49. The van der Waals surface area contributed by atoms with Gasteiger partial charge in [-0.15, -0.1) is 0 Å². The number of hydrogen-bond acceptors (Lipinski definition) is 2. The molecule has 1 aliphatic rings. The van der Waals surface area contributed by atoms with Crippen LogP contribution in [0.1, 0.15) is 73.1 Å². The first-order chi connectivity index (χ1) is 8.08. The standard InChI is InChI=1S/C16H33NO/c1-14(2,3)13-7-9-16(17,10-8-13)12-11-15(4,5)18-6/h13H,7-12,17H2,1-6H3. The van der Waals surface area contributed by atoms with Crippen molar-refractivity contribution < 1.29 is 4.74 Å². The zero-order valence-corrected chi connectivity index (χ0v) is 13.3. The highest BCUT2D eigenvalue weighted by Crippen LogP contribution is 2.42. The average molecular weight is 255 g/mol. The van der Waals surface area contributed by atoms with Gasteiger partial charge in [0.15, 0.2) is 0 Å². The second-order valence-electron chi connectivity index (χ2n) is 7.97. The first kappa shape index (κ1) is 16.0. The van der Waals surface area contributed by atoms with Crippen LogP contribution in [0.5, 0.6) is 0 Å². The van der Waals surface area contributed by atoms with Gasteiger partial charge in [-0.3, -0.25) is 0 Å². The molecule has 0 saturated heterocycles. The molecule has 1 saturated carbocycles. The van der Waals surface area contributed by atoms with Gasteiger partial charge in [0, 0.05) is 12.6 Å². The number of rotatable bonds is 4. The van der Waals surface area contributed by atoms with Gasteiger partial charge in [-0.1, -0.05) is 20.8 Å². The fourth-order valence-corrected chi connectivity index (χ4v) is 2.96. The van der Waals surface area contributed by atoms with E-state index in [1.54, 1.807) is 7.11 Å². The second-order valence-corrected chi connectivity index (χ2v) is 7.97. The minimum atomic E-state index is -0.0345. The largest absolute Gasteiger partial charge is 0.379 e. The highest BCUT2D eigenvalue weighted by atomic mass is 16.5. The Morgan fingerprint density at radius 1 is 1.11 bits per heavy atom. The summed E-state index contributed by atoms with van der Waals surface area (Å²) in [4.78, 5) is 0. The molecule has 0 unspecified atom stereocenters. The van der Waals surface area contributed by atoms with Gasteiger partial charge in [0.25, 0.3) is 0 Å². The van der Waals surface area contributed by atoms with Crippen LogP contribution in [-0.2, 0) is 4.74 Å². The predicted molar refractivity (Wildman–Crippen MR) is 78.7 cm³/mol. The van der Waals surface area contributed by atoms with Gasteiger partial charge in [-0.05, 0) is 63.7 Å². The van der Waals surface area contributed by atoms with Crippen LogP contribution < -0.4 is 5.73 Å². The van der Waals surface area contributed by atoms with Crippen molar-refractivity contribution in [1.82, 2.24) is 0 Å². The summed E-state index contributed by atoms with van der Waals surface area (Å²) in [6.07, 6.45) is 7.06. The van der Waals surface area contributed by atoms with Gasteiger partial charge in [-0.2, -0.15) is 0 Å². The normalized spacial score (nSPS) is 30.5. The van der Waals surface area contributed by atoms with E-state index in [2.05, 4.69) is 34.6 Å². The lowest BCUT2D eigenvalue weighted by molar-refractivity contribution is 0.00476. The summed E-state index contributed by atoms with van der Waals surface area (Å²) >= 11 is 0. The Balaban J connectivity index is 2.45. The van der Waals surface area contributed by atoms with E-state index in [0.717, 1.165) is 18.8 Å². The first-order valence-electron chi connectivity index (χ1n) is 7.42. The van der Waals surface area contributed by atoms with Crippen LogP contribution in [-0.4, -0.2) is 18.2 Å². The summed E-state index contributed by atoms with van der Waals surface area (Å²) in [5.41, 5.74) is 7.03. The van der Waals surface area contributed by atoms with Gasteiger partial charge < -0.3 is 10.5 Å². The molecule has 0 aliphatic heterocycles. The molecule has 1 fully saturated rings. The lowest BCUT2D eigenvalue weighted by Gasteiger charge is -2.43. The molecule has 0 bridgehead atoms. The Morgan fingerprint density at radius 3 is 2.00 bits per heavy atom. The molecule has 108 valence electrons. The fraction of sp³-hybridized carbons (Fsp3) is 1.00. The second kappa shape index (κ2) is 5.50. The van der Waals surface area contributed by atoms with Crippen molar-refractivity contribution in [3.05, 3.63) is 0 Å². The van der Waals surface area contributed by atoms with E-state index in [1.807, 2.05) is 0 Å². The first-order valence-corrected chi connectivity index (χ1v) is 7.42. The molecule has 1 aliphatic carbocycles. The highest BCUT2D eigenvalue weighted by Gasteiger charge is 2.36. The Hall–Kier alpha value is -0.0800. The van der Waals surface area contributed by atoms with Crippen LogP contribution in [0.4, 0.5) is 0 Å². The molecule has 0 atom stereocenters. The molecule has 0 heterocycles. The van der Waals surface area contributed by atoms with E-state index < -0.39 is 0 Å². The fourth-order valence-electron chi connectivity index (χ4n) is 2.96. The van der Waals surface area contributed by atoms with Crippen molar-refractivity contribution in [2.24, 2.45) is 17.1 Å². The number of nitrogens with two attached hydrogens (primary N) is 1. The van der Waals surface area contributed by atoms with E-state index >= 15 is 0 Å². The maximum atomic E-state index is 6.57. The Kier molecular flexibility index (Phi) is 4.88. The minimum absolute atomic E-state index is 0.0345. The molecule has 0 amide bonds. The van der Waals surface area contributed by atoms with Crippen LogP contribution in [0.2, 0.25) is 0 Å². The predicted octanol–water partition coefficient (Wildman–Crippen LogP) is 4.13. The summed E-state index contributed by atoms with van der Waals surface area (Å²) in [6.45, 7) is 11.4. The number of methoxy groups -OCH3 is 1. The zero-order valence-electron chi connectivity index (χ0n) is 13.3. The lowest BCUT2D eigenvalue weighted by atomic mass is 9.66. The molecule has 18 heavy (non-hydrogen) atoms. The average Bonchev–Trinajstić information content (AvgIpc) is 2.26. The summed E-state index contributed by atoms with van der Waals surface area (Å²) in [7, 11) is 1.79. The van der Waals surface area contributed by atoms with Gasteiger partial charge in [0.05, 0.1) is 5.60 Å². The van der Waals surface area contributed by atoms with E-state index in [1.165, 1.54) is 25.7 Å². The van der Waals surface area contributed by atoms with Gasteiger partial charge in [0.2, 0.25) is 0 Å². The molecular weight excluding hydrogens is 222 g/mol. The maximum Gasteiger partial charge on any atom is 0.0623 e. The van der Waals surface area contributed by atoms with E-state index in [9.17, 15) is 0 Å². The van der Waals surface area contributed by atoms with Crippen molar-refractivity contribution in [1.29, 1.82) is 0 Å². The summed E-state index contributed by atoms with van der Waals surface area (Å²) in [5.74, 6) is 0.838. The third-order valence-electron chi connectivity index (χ3n) is 4.98. The van der Waals surface area contributed by atoms with Crippen molar-refractivity contribution in [2.75, 3.05) is 7.11 Å². The molecule has 0 spiro atoms. The number of hydrogen-bond donors (Lipinski definition) is 1. The van der Waals surface area contributed by atoms with E-state index in [-0.39, 0.29) is 11.1 Å². The van der Waals surface area contributed by atoms with E-state index in [0.29, 0.717) is 5.41 Å². The van der Waals surface area contributed by atoms with Crippen molar-refractivity contribution in [3.8, 4) is 0 Å². The molecule has 1 rings (SSSR count). The van der Waals surface area contributed by atoms with Crippen molar-refractivity contribution in [2.45, 2.75) is 84.3 Å². The van der Waals surface area contributed by atoms with Crippen LogP contribution in [0.3, 0.4) is 0 Å². The quantitative estimate of drug-likeness (QED) is 0.820. The summed E-state index contributed by atoms with van der Waals surface area (Å²) in [6, 6.07) is 0. The van der Waals surface area contributed by atoms with E-state index in [4.69, 9.17) is 10.5 Å². The summed E-state index contributed by atoms with van der Waals surface area (Å²) in [5, 5.41) is 0. The van der Waals surface area contributed by atoms with Crippen LogP contribution in [0.15, 0.2) is 0 Å². The smallest absolute Gasteiger partial charge is 0.0623 e.